The summed E-state index contributed by atoms with van der Waals surface area (Å²) in [5.41, 5.74) is 0.923. The molecule has 3 rings (SSSR count). The average Bonchev–Trinajstić information content (AvgIpc) is 2.35. The van der Waals surface area contributed by atoms with Gasteiger partial charge in [0, 0.05) is 30.3 Å². The van der Waals surface area contributed by atoms with Crippen LogP contribution in [0.3, 0.4) is 0 Å². The molecular weight excluding hydrogens is 248 g/mol. The summed E-state index contributed by atoms with van der Waals surface area (Å²) in [6.07, 6.45) is 3.33. The summed E-state index contributed by atoms with van der Waals surface area (Å²) in [5.74, 6) is 1.55. The van der Waals surface area contributed by atoms with E-state index in [1.54, 1.807) is 31.1 Å². The summed E-state index contributed by atoms with van der Waals surface area (Å²) in [5, 5.41) is 11.4. The van der Waals surface area contributed by atoms with E-state index in [1.807, 2.05) is 18.2 Å². The van der Waals surface area contributed by atoms with Crippen molar-refractivity contribution in [1.29, 1.82) is 5.41 Å². The highest BCUT2D eigenvalue weighted by atomic mass is 32.2. The molecule has 1 aliphatic heterocycles. The number of nitrogens with one attached hydrogen (secondary N) is 2. The van der Waals surface area contributed by atoms with E-state index in [-0.39, 0.29) is 5.90 Å². The topological polar surface area (TPSA) is 70.9 Å². The van der Waals surface area contributed by atoms with Crippen molar-refractivity contribution in [1.82, 2.24) is 9.97 Å². The van der Waals surface area contributed by atoms with E-state index in [9.17, 15) is 0 Å². The highest BCUT2D eigenvalue weighted by Gasteiger charge is 2.18. The zero-order valence-corrected chi connectivity index (χ0v) is 10.4. The first-order valence-electron chi connectivity index (χ1n) is 5.35. The highest BCUT2D eigenvalue weighted by Crippen LogP contribution is 2.42. The largest absolute Gasteiger partial charge is 0.444 e. The molecular formula is C12H10N4OS. The molecule has 0 unspecified atom stereocenters. The van der Waals surface area contributed by atoms with Gasteiger partial charge in [-0.05, 0) is 12.1 Å². The maximum absolute atomic E-state index is 7.32. The Balaban J connectivity index is 1.96. The average molecular weight is 258 g/mol. The number of benzene rings is 1. The van der Waals surface area contributed by atoms with Crippen LogP contribution in [0.15, 0.2) is 40.5 Å². The Morgan fingerprint density at radius 1 is 1.33 bits per heavy atom. The molecule has 5 nitrogen and oxygen atoms in total. The monoisotopic (exact) mass is 258 g/mol. The van der Waals surface area contributed by atoms with E-state index >= 15 is 0 Å². The van der Waals surface area contributed by atoms with E-state index < -0.39 is 0 Å². The standard InChI is InChI=1S/C12H10N4OS/c1-7(13)17-8-2-3-10-9(6-8)16-11-12(18-10)15-5-4-14-11/h2-6,13H,1H3,(H,14,16). The molecule has 6 heteroatoms. The van der Waals surface area contributed by atoms with Crippen molar-refractivity contribution in [3.05, 3.63) is 30.6 Å². The van der Waals surface area contributed by atoms with Crippen LogP contribution in [0.2, 0.25) is 0 Å². The third kappa shape index (κ3) is 2.02. The lowest BCUT2D eigenvalue weighted by Crippen LogP contribution is -2.05. The second-order valence-corrected chi connectivity index (χ2v) is 4.78. The van der Waals surface area contributed by atoms with E-state index in [0.717, 1.165) is 21.4 Å². The van der Waals surface area contributed by atoms with Gasteiger partial charge in [-0.15, -0.1) is 0 Å². The fourth-order valence-electron chi connectivity index (χ4n) is 1.65. The quantitative estimate of drug-likeness (QED) is 0.518. The molecule has 0 saturated heterocycles. The molecule has 1 aromatic heterocycles. The van der Waals surface area contributed by atoms with Crippen LogP contribution in [0.4, 0.5) is 11.5 Å². The summed E-state index contributed by atoms with van der Waals surface area (Å²) >= 11 is 1.56. The normalized spacial score (nSPS) is 12.1. The van der Waals surface area contributed by atoms with E-state index in [4.69, 9.17) is 10.1 Å². The lowest BCUT2D eigenvalue weighted by atomic mass is 10.3. The third-order valence-electron chi connectivity index (χ3n) is 2.35. The Bertz CT molecular complexity index is 629. The summed E-state index contributed by atoms with van der Waals surface area (Å²) in [6.45, 7) is 1.60. The maximum atomic E-state index is 7.32. The summed E-state index contributed by atoms with van der Waals surface area (Å²) < 4.78 is 5.27. The molecule has 0 amide bonds. The zero-order valence-electron chi connectivity index (χ0n) is 9.60. The number of nitrogens with zero attached hydrogens (tertiary/aromatic N) is 2. The van der Waals surface area contributed by atoms with Crippen LogP contribution in [0, 0.1) is 5.41 Å². The Hall–Kier alpha value is -2.08. The Morgan fingerprint density at radius 3 is 3.00 bits per heavy atom. The third-order valence-corrected chi connectivity index (χ3v) is 3.41. The second-order valence-electron chi connectivity index (χ2n) is 3.75. The van der Waals surface area contributed by atoms with Crippen molar-refractivity contribution in [2.75, 3.05) is 5.32 Å². The molecule has 0 spiro atoms. The highest BCUT2D eigenvalue weighted by molar-refractivity contribution is 7.99. The van der Waals surface area contributed by atoms with Gasteiger partial charge in [-0.2, -0.15) is 0 Å². The van der Waals surface area contributed by atoms with Gasteiger partial charge in [0.2, 0.25) is 0 Å². The first-order chi connectivity index (χ1) is 8.72. The Labute approximate surface area is 108 Å². The van der Waals surface area contributed by atoms with Gasteiger partial charge in [0.15, 0.2) is 11.7 Å². The van der Waals surface area contributed by atoms with Crippen LogP contribution in [0.5, 0.6) is 5.75 Å². The smallest absolute Gasteiger partial charge is 0.184 e. The van der Waals surface area contributed by atoms with E-state index in [1.165, 1.54) is 0 Å². The van der Waals surface area contributed by atoms with Gasteiger partial charge in [-0.3, -0.25) is 5.41 Å². The van der Waals surface area contributed by atoms with Crippen LogP contribution in [0.1, 0.15) is 6.92 Å². The molecule has 0 atom stereocenters. The molecule has 0 aliphatic carbocycles. The number of aromatic nitrogens is 2. The summed E-state index contributed by atoms with van der Waals surface area (Å²) in [7, 11) is 0. The number of rotatable bonds is 1. The minimum absolute atomic E-state index is 0.165. The Morgan fingerprint density at radius 2 is 2.17 bits per heavy atom. The number of hydrogen-bond donors (Lipinski definition) is 2. The first-order valence-corrected chi connectivity index (χ1v) is 6.17. The van der Waals surface area contributed by atoms with Crippen molar-refractivity contribution >= 4 is 29.2 Å². The lowest BCUT2D eigenvalue weighted by Gasteiger charge is -2.19. The molecule has 1 aromatic carbocycles. The molecule has 2 heterocycles. The van der Waals surface area contributed by atoms with E-state index in [2.05, 4.69) is 15.3 Å². The first kappa shape index (κ1) is 11.0. The van der Waals surface area contributed by atoms with Crippen LogP contribution < -0.4 is 10.1 Å². The second kappa shape index (κ2) is 4.30. The molecule has 2 aromatic rings. The molecule has 0 radical (unpaired) electrons. The minimum atomic E-state index is 0.165. The Kier molecular flexibility index (Phi) is 2.64. The number of anilines is 2. The molecule has 1 aliphatic rings. The van der Waals surface area contributed by atoms with Crippen molar-refractivity contribution in [3.63, 3.8) is 0 Å². The summed E-state index contributed by atoms with van der Waals surface area (Å²) in [6, 6.07) is 5.65. The van der Waals surface area contributed by atoms with Crippen LogP contribution in [-0.4, -0.2) is 15.9 Å². The maximum Gasteiger partial charge on any atom is 0.184 e. The van der Waals surface area contributed by atoms with Gasteiger partial charge in [0.25, 0.3) is 0 Å². The van der Waals surface area contributed by atoms with Gasteiger partial charge in [-0.25, -0.2) is 9.97 Å². The SMILES string of the molecule is CC(=N)Oc1ccc2c(c1)Nc1nccnc1S2. The summed E-state index contributed by atoms with van der Waals surface area (Å²) in [4.78, 5) is 9.56. The number of ether oxygens (including phenoxy) is 1. The molecule has 0 bridgehead atoms. The van der Waals surface area contributed by atoms with Crippen LogP contribution in [-0.2, 0) is 0 Å². The fourth-order valence-corrected chi connectivity index (χ4v) is 2.53. The molecule has 18 heavy (non-hydrogen) atoms. The fraction of sp³-hybridized carbons (Fsp3) is 0.0833. The van der Waals surface area contributed by atoms with Gasteiger partial charge in [-0.1, -0.05) is 11.8 Å². The predicted octanol–water partition coefficient (Wildman–Crippen LogP) is 3.06. The molecule has 0 saturated carbocycles. The number of fused-ring (bicyclic) bond motifs is 2. The van der Waals surface area contributed by atoms with Gasteiger partial charge in [0.05, 0.1) is 5.69 Å². The minimum Gasteiger partial charge on any atom is -0.444 e. The van der Waals surface area contributed by atoms with Gasteiger partial charge >= 0.3 is 0 Å². The molecule has 0 fully saturated rings. The number of hydrogen-bond acceptors (Lipinski definition) is 6. The lowest BCUT2D eigenvalue weighted by molar-refractivity contribution is 0.541. The van der Waals surface area contributed by atoms with E-state index in [0.29, 0.717) is 5.75 Å². The van der Waals surface area contributed by atoms with Gasteiger partial charge < -0.3 is 10.1 Å². The van der Waals surface area contributed by atoms with Crippen LogP contribution in [0.25, 0.3) is 0 Å². The predicted molar refractivity (Wildman–Crippen MR) is 69.9 cm³/mol. The van der Waals surface area contributed by atoms with Crippen molar-refractivity contribution in [3.8, 4) is 5.75 Å². The van der Waals surface area contributed by atoms with Crippen LogP contribution >= 0.6 is 11.8 Å². The van der Waals surface area contributed by atoms with Crippen molar-refractivity contribution < 1.29 is 4.74 Å². The van der Waals surface area contributed by atoms with Crippen molar-refractivity contribution in [2.45, 2.75) is 16.8 Å². The zero-order chi connectivity index (χ0) is 12.5. The molecule has 90 valence electrons. The van der Waals surface area contributed by atoms with Crippen molar-refractivity contribution in [2.24, 2.45) is 0 Å². The van der Waals surface area contributed by atoms with Gasteiger partial charge in [0.1, 0.15) is 10.8 Å². The molecule has 2 N–H and O–H groups in total.